The smallest absolute Gasteiger partial charge is 0.412 e. The van der Waals surface area contributed by atoms with Gasteiger partial charge in [0.25, 0.3) is 5.91 Å². The Balaban J connectivity index is 1.60. The number of amides is 5. The van der Waals surface area contributed by atoms with Gasteiger partial charge in [0.2, 0.25) is 21.8 Å². The number of carbonyl (C=O) groups excluding carboxylic acids is 5. The van der Waals surface area contributed by atoms with E-state index < -0.39 is 85.8 Å². The molecule has 1 unspecified atom stereocenters. The molecule has 3 aliphatic rings. The van der Waals surface area contributed by atoms with Crippen LogP contribution in [0.4, 0.5) is 15.3 Å². The van der Waals surface area contributed by atoms with Crippen LogP contribution in [0.1, 0.15) is 78.6 Å². The number of nitrogens with zero attached hydrogens (tertiary/aromatic N) is 3. The molecule has 2 heterocycles. The van der Waals surface area contributed by atoms with Crippen molar-refractivity contribution in [2.24, 2.45) is 18.4 Å². The number of sulfonamides is 1. The van der Waals surface area contributed by atoms with Gasteiger partial charge in [-0.3, -0.25) is 29.1 Å². The minimum Gasteiger partial charge on any atom is -0.444 e. The summed E-state index contributed by atoms with van der Waals surface area (Å²) >= 11 is 0. The van der Waals surface area contributed by atoms with E-state index in [2.05, 4.69) is 32.4 Å². The van der Waals surface area contributed by atoms with E-state index in [4.69, 9.17) is 9.47 Å². The van der Waals surface area contributed by atoms with Gasteiger partial charge in [-0.05, 0) is 59.3 Å². The minimum atomic E-state index is -3.92. The van der Waals surface area contributed by atoms with E-state index in [0.717, 1.165) is 0 Å². The molecule has 3 fully saturated rings. The lowest BCUT2D eigenvalue weighted by Gasteiger charge is -2.36. The SMILES string of the molecule is C=CC1C[C@]1(NC(=O)[C@@H]1C[C@@H](OC(=O)Nc2c(C)nn(C)c2C)CN1C(=O)[C@@H](NC(=O)OC(C)(C)C)C(C)(C)C)C(=O)NS(=O)(=O)C1CC1. The summed E-state index contributed by atoms with van der Waals surface area (Å²) in [6.45, 7) is 17.2. The van der Waals surface area contributed by atoms with Gasteiger partial charge in [0.15, 0.2) is 0 Å². The summed E-state index contributed by atoms with van der Waals surface area (Å²) in [6.07, 6.45) is -0.335. The van der Waals surface area contributed by atoms with E-state index in [1.54, 1.807) is 67.1 Å². The third kappa shape index (κ3) is 8.54. The van der Waals surface area contributed by atoms with E-state index in [9.17, 15) is 32.4 Å². The quantitative estimate of drug-likeness (QED) is 0.261. The summed E-state index contributed by atoms with van der Waals surface area (Å²) in [5, 5.41) is 11.6. The fourth-order valence-electron chi connectivity index (χ4n) is 5.87. The second-order valence-corrected chi connectivity index (χ2v) is 17.2. The molecule has 2 aliphatic carbocycles. The molecule has 49 heavy (non-hydrogen) atoms. The highest BCUT2D eigenvalue weighted by atomic mass is 32.2. The first-order chi connectivity index (χ1) is 22.5. The van der Waals surface area contributed by atoms with Crippen LogP contribution < -0.4 is 20.7 Å². The molecule has 5 amide bonds. The predicted octanol–water partition coefficient (Wildman–Crippen LogP) is 2.16. The number of alkyl carbamates (subject to hydrolysis) is 1. The van der Waals surface area contributed by atoms with Gasteiger partial charge in [0.1, 0.15) is 29.3 Å². The van der Waals surface area contributed by atoms with Crippen LogP contribution in [0, 0.1) is 25.2 Å². The third-order valence-electron chi connectivity index (χ3n) is 8.88. The maximum absolute atomic E-state index is 14.3. The molecule has 4 N–H and O–H groups in total. The van der Waals surface area contributed by atoms with Crippen LogP contribution in [0.15, 0.2) is 12.7 Å². The van der Waals surface area contributed by atoms with E-state index in [0.29, 0.717) is 29.9 Å². The number of hydrogen-bond acceptors (Lipinski definition) is 10. The molecule has 5 atom stereocenters. The topological polar surface area (TPSA) is 207 Å². The predicted molar refractivity (Wildman–Crippen MR) is 179 cm³/mol. The Hall–Kier alpha value is -4.15. The fraction of sp³-hybridized carbons (Fsp3) is 0.688. The Morgan fingerprint density at radius 3 is 2.18 bits per heavy atom. The standard InChI is InChI=1S/C32H49N7O9S/c1-11-19-15-32(19,27(42)37-49(45,46)21-12-13-21)35-25(40)22-14-20(47-28(43)33-23-17(2)36-38(10)18(23)3)16-39(22)26(41)24(30(4,5)6)34-29(44)48-31(7,8)9/h11,19-22,24H,1,12-16H2,2-10H3,(H,33,43)(H,34,44)(H,35,40)(H,37,42)/t19?,20-,22+,24-,32-/m1/s1. The Labute approximate surface area is 287 Å². The van der Waals surface area contributed by atoms with E-state index >= 15 is 0 Å². The molecule has 1 saturated heterocycles. The van der Waals surface area contributed by atoms with Gasteiger partial charge in [-0.1, -0.05) is 26.8 Å². The van der Waals surface area contributed by atoms with Gasteiger partial charge in [-0.25, -0.2) is 18.0 Å². The third-order valence-corrected chi connectivity index (χ3v) is 10.7. The monoisotopic (exact) mass is 707 g/mol. The van der Waals surface area contributed by atoms with E-state index in [1.807, 2.05) is 0 Å². The molecule has 1 aliphatic heterocycles. The van der Waals surface area contributed by atoms with Crippen molar-refractivity contribution < 1.29 is 41.9 Å². The number of likely N-dealkylation sites (tertiary alicyclic amines) is 1. The van der Waals surface area contributed by atoms with Gasteiger partial charge in [-0.2, -0.15) is 5.10 Å². The van der Waals surface area contributed by atoms with Gasteiger partial charge in [-0.15, -0.1) is 6.58 Å². The number of nitrogens with one attached hydrogen (secondary N) is 4. The Bertz CT molecular complexity index is 1640. The Morgan fingerprint density at radius 2 is 1.69 bits per heavy atom. The van der Waals surface area contributed by atoms with Crippen molar-refractivity contribution in [3.8, 4) is 0 Å². The van der Waals surface area contributed by atoms with Crippen LogP contribution in [0.5, 0.6) is 0 Å². The lowest BCUT2D eigenvalue weighted by molar-refractivity contribution is -0.143. The lowest BCUT2D eigenvalue weighted by Crippen LogP contribution is -2.60. The van der Waals surface area contributed by atoms with Crippen LogP contribution in [0.2, 0.25) is 0 Å². The summed E-state index contributed by atoms with van der Waals surface area (Å²) in [4.78, 5) is 68.7. The molecule has 17 heteroatoms. The Kier molecular flexibility index (Phi) is 10.2. The first-order valence-corrected chi connectivity index (χ1v) is 17.8. The average molecular weight is 708 g/mol. The Morgan fingerprint density at radius 1 is 1.06 bits per heavy atom. The summed E-state index contributed by atoms with van der Waals surface area (Å²) in [6, 6.07) is -2.43. The maximum atomic E-state index is 14.3. The summed E-state index contributed by atoms with van der Waals surface area (Å²) in [7, 11) is -2.19. The zero-order chi connectivity index (χ0) is 36.9. The van der Waals surface area contributed by atoms with Crippen molar-refractivity contribution in [3.63, 3.8) is 0 Å². The van der Waals surface area contributed by atoms with Gasteiger partial charge in [0.05, 0.1) is 28.9 Å². The second-order valence-electron chi connectivity index (χ2n) is 15.2. The van der Waals surface area contributed by atoms with Crippen molar-refractivity contribution >= 4 is 45.6 Å². The lowest BCUT2D eigenvalue weighted by atomic mass is 9.85. The fourth-order valence-corrected chi connectivity index (χ4v) is 7.24. The number of aromatic nitrogens is 2. The van der Waals surface area contributed by atoms with Gasteiger partial charge >= 0.3 is 12.2 Å². The van der Waals surface area contributed by atoms with Crippen LogP contribution >= 0.6 is 0 Å². The normalized spacial score (nSPS) is 24.3. The van der Waals surface area contributed by atoms with Crippen molar-refractivity contribution in [2.45, 2.75) is 116 Å². The highest BCUT2D eigenvalue weighted by Gasteiger charge is 2.62. The largest absolute Gasteiger partial charge is 0.444 e. The number of aryl methyl sites for hydroxylation is 2. The number of hydrogen-bond donors (Lipinski definition) is 4. The molecule has 1 aromatic heterocycles. The average Bonchev–Trinajstić information content (AvgIpc) is 3.87. The first-order valence-electron chi connectivity index (χ1n) is 16.3. The zero-order valence-electron chi connectivity index (χ0n) is 29.6. The molecule has 16 nitrogen and oxygen atoms in total. The summed E-state index contributed by atoms with van der Waals surface area (Å²) < 4.78 is 40.0. The second kappa shape index (κ2) is 13.3. The number of rotatable bonds is 10. The zero-order valence-corrected chi connectivity index (χ0v) is 30.4. The molecule has 272 valence electrons. The molecule has 1 aromatic rings. The number of carbonyl (C=O) groups is 5. The first kappa shape index (κ1) is 37.7. The highest BCUT2D eigenvalue weighted by Crippen LogP contribution is 2.45. The van der Waals surface area contributed by atoms with Crippen LogP contribution in [-0.2, 0) is 40.9 Å². The van der Waals surface area contributed by atoms with Crippen molar-refractivity contribution in [1.29, 1.82) is 0 Å². The van der Waals surface area contributed by atoms with E-state index in [1.165, 1.54) is 11.0 Å². The van der Waals surface area contributed by atoms with Crippen molar-refractivity contribution in [2.75, 3.05) is 11.9 Å². The van der Waals surface area contributed by atoms with Gasteiger partial charge < -0.3 is 25.0 Å². The van der Waals surface area contributed by atoms with Gasteiger partial charge in [0, 0.05) is 19.4 Å². The van der Waals surface area contributed by atoms with Crippen LogP contribution in [0.3, 0.4) is 0 Å². The molecular formula is C32H49N7O9S. The minimum absolute atomic E-state index is 0.103. The summed E-state index contributed by atoms with van der Waals surface area (Å²) in [5.74, 6) is -2.85. The number of anilines is 1. The molecule has 0 bridgehead atoms. The van der Waals surface area contributed by atoms with Crippen molar-refractivity contribution in [1.82, 2.24) is 30.0 Å². The van der Waals surface area contributed by atoms with Crippen LogP contribution in [0.25, 0.3) is 0 Å². The number of ether oxygens (including phenoxy) is 2. The molecule has 2 saturated carbocycles. The molecule has 0 radical (unpaired) electrons. The maximum Gasteiger partial charge on any atom is 0.412 e. The molecule has 0 spiro atoms. The van der Waals surface area contributed by atoms with E-state index in [-0.39, 0.29) is 19.4 Å². The summed E-state index contributed by atoms with van der Waals surface area (Å²) in [5.41, 5.74) is -1.60. The molecular weight excluding hydrogens is 658 g/mol. The van der Waals surface area contributed by atoms with Crippen LogP contribution in [-0.4, -0.2) is 94.1 Å². The molecule has 0 aromatic carbocycles. The molecule has 4 rings (SSSR count). The highest BCUT2D eigenvalue weighted by molar-refractivity contribution is 7.91. The van der Waals surface area contributed by atoms with Crippen molar-refractivity contribution in [3.05, 3.63) is 24.0 Å².